The zero-order valence-corrected chi connectivity index (χ0v) is 22.1. The number of aliphatic hydroxyl groups is 1. The molecule has 0 fully saturated rings. The maximum Gasteiger partial charge on any atom is 0.247 e. The van der Waals surface area contributed by atoms with Crippen molar-refractivity contribution in [2.75, 3.05) is 26.7 Å². The number of sulfonamides is 1. The van der Waals surface area contributed by atoms with Crippen molar-refractivity contribution in [2.45, 2.75) is 44.4 Å². The van der Waals surface area contributed by atoms with E-state index in [1.54, 1.807) is 19.2 Å². The van der Waals surface area contributed by atoms with Crippen LogP contribution in [0.2, 0.25) is 0 Å². The molecule has 7 nitrogen and oxygen atoms in total. The number of aryl methyl sites for hydroxylation is 1. The van der Waals surface area contributed by atoms with Gasteiger partial charge < -0.3 is 9.84 Å². The predicted octanol–water partition coefficient (Wildman–Crippen LogP) is 3.96. The first-order chi connectivity index (χ1) is 17.2. The van der Waals surface area contributed by atoms with Crippen LogP contribution < -0.4 is 4.74 Å². The summed E-state index contributed by atoms with van der Waals surface area (Å²) >= 11 is 0. The van der Waals surface area contributed by atoms with Crippen LogP contribution >= 0.6 is 0 Å². The molecular weight excluding hydrogens is 474 g/mol. The molecule has 3 aromatic rings. The van der Waals surface area contributed by atoms with Crippen molar-refractivity contribution in [2.24, 2.45) is 5.92 Å². The summed E-state index contributed by atoms with van der Waals surface area (Å²) in [5.41, 5.74) is 4.13. The molecule has 3 atom stereocenters. The fourth-order valence-electron chi connectivity index (χ4n) is 4.54. The third kappa shape index (κ3) is 5.78. The van der Waals surface area contributed by atoms with Gasteiger partial charge in [0.15, 0.2) is 0 Å². The molecule has 0 saturated heterocycles. The van der Waals surface area contributed by atoms with Crippen LogP contribution in [0.5, 0.6) is 5.75 Å². The first-order valence-electron chi connectivity index (χ1n) is 12.3. The van der Waals surface area contributed by atoms with E-state index in [4.69, 9.17) is 4.74 Å². The van der Waals surface area contributed by atoms with Crippen LogP contribution in [0.1, 0.15) is 25.0 Å². The number of hydrogen-bond acceptors (Lipinski definition) is 6. The second-order valence-electron chi connectivity index (χ2n) is 9.83. The van der Waals surface area contributed by atoms with Gasteiger partial charge in [-0.05, 0) is 55.8 Å². The van der Waals surface area contributed by atoms with Gasteiger partial charge in [-0.3, -0.25) is 9.88 Å². The Hall–Kier alpha value is -2.78. The van der Waals surface area contributed by atoms with Crippen molar-refractivity contribution < 1.29 is 18.3 Å². The number of nitrogens with zero attached hydrogens (tertiary/aromatic N) is 3. The fraction of sp³-hybridized carbons (Fsp3) is 0.393. The molecule has 0 aliphatic carbocycles. The minimum absolute atomic E-state index is 0.110. The summed E-state index contributed by atoms with van der Waals surface area (Å²) in [6, 6.07) is 16.8. The third-order valence-corrected chi connectivity index (χ3v) is 8.74. The molecule has 4 rings (SSSR count). The van der Waals surface area contributed by atoms with Gasteiger partial charge in [-0.15, -0.1) is 0 Å². The Balaban J connectivity index is 1.72. The normalized spacial score (nSPS) is 20.7. The number of pyridine rings is 1. The number of benzene rings is 2. The largest absolute Gasteiger partial charge is 0.487 e. The molecule has 0 saturated carbocycles. The monoisotopic (exact) mass is 509 g/mol. The molecule has 0 bridgehead atoms. The average Bonchev–Trinajstić information content (AvgIpc) is 2.86. The Kier molecular flexibility index (Phi) is 8.10. The average molecular weight is 510 g/mol. The number of aromatic nitrogens is 1. The summed E-state index contributed by atoms with van der Waals surface area (Å²) in [6.45, 7) is 7.08. The van der Waals surface area contributed by atoms with Crippen LogP contribution in [-0.2, 0) is 16.6 Å². The molecule has 0 radical (unpaired) electrons. The smallest absolute Gasteiger partial charge is 0.247 e. The molecule has 192 valence electrons. The van der Waals surface area contributed by atoms with Crippen molar-refractivity contribution in [1.29, 1.82) is 0 Å². The second kappa shape index (κ2) is 11.1. The van der Waals surface area contributed by atoms with E-state index in [0.29, 0.717) is 18.8 Å². The molecule has 2 aromatic carbocycles. The van der Waals surface area contributed by atoms with Crippen LogP contribution in [0.3, 0.4) is 0 Å². The maximum atomic E-state index is 13.7. The Labute approximate surface area is 214 Å². The van der Waals surface area contributed by atoms with E-state index < -0.39 is 16.1 Å². The van der Waals surface area contributed by atoms with Crippen LogP contribution in [-0.4, -0.2) is 66.6 Å². The van der Waals surface area contributed by atoms with E-state index in [0.717, 1.165) is 22.3 Å². The third-order valence-electron chi connectivity index (χ3n) is 6.72. The van der Waals surface area contributed by atoms with Gasteiger partial charge in [0.2, 0.25) is 10.0 Å². The number of fused-ring (bicyclic) bond motifs is 1. The summed E-state index contributed by atoms with van der Waals surface area (Å²) in [7, 11) is -1.84. The molecule has 8 heteroatoms. The molecule has 0 unspecified atom stereocenters. The summed E-state index contributed by atoms with van der Waals surface area (Å²) in [6.07, 6.45) is 3.34. The van der Waals surface area contributed by atoms with Gasteiger partial charge in [0.25, 0.3) is 0 Å². The van der Waals surface area contributed by atoms with E-state index in [1.165, 1.54) is 4.31 Å². The molecule has 2 heterocycles. The van der Waals surface area contributed by atoms with Gasteiger partial charge in [-0.1, -0.05) is 48.9 Å². The highest BCUT2D eigenvalue weighted by atomic mass is 32.2. The predicted molar refractivity (Wildman–Crippen MR) is 141 cm³/mol. The molecule has 1 aromatic heterocycles. The second-order valence-corrected chi connectivity index (χ2v) is 11.7. The van der Waals surface area contributed by atoms with Crippen molar-refractivity contribution in [3.8, 4) is 16.9 Å². The van der Waals surface area contributed by atoms with Crippen molar-refractivity contribution in [3.63, 3.8) is 0 Å². The van der Waals surface area contributed by atoms with Gasteiger partial charge in [0, 0.05) is 44.0 Å². The lowest BCUT2D eigenvalue weighted by atomic mass is 10.0. The van der Waals surface area contributed by atoms with Crippen LogP contribution in [0.25, 0.3) is 11.1 Å². The molecule has 1 aliphatic rings. The Morgan fingerprint density at radius 1 is 1.17 bits per heavy atom. The Morgan fingerprint density at radius 2 is 1.89 bits per heavy atom. The molecule has 36 heavy (non-hydrogen) atoms. The van der Waals surface area contributed by atoms with Crippen LogP contribution in [0, 0.1) is 12.8 Å². The lowest BCUT2D eigenvalue weighted by Gasteiger charge is -2.37. The highest BCUT2D eigenvalue weighted by Crippen LogP contribution is 2.36. The summed E-state index contributed by atoms with van der Waals surface area (Å²) in [4.78, 5) is 6.49. The van der Waals surface area contributed by atoms with E-state index in [-0.39, 0.29) is 30.1 Å². The molecule has 0 amide bonds. The number of hydrogen-bond donors (Lipinski definition) is 1. The van der Waals surface area contributed by atoms with Crippen molar-refractivity contribution in [1.82, 2.24) is 14.2 Å². The standard InChI is InChI=1S/C28H35N3O4S/c1-20-7-9-24(10-8-20)25-11-12-28-26(14-25)35-27(18-30(4)17-23-6-5-13-29-15-23)21(2)16-31(22(3)19-32)36(28,33)34/h5-15,21-22,27,32H,16-19H2,1-4H3/t21-,22+,27-/m0/s1. The number of ether oxygens (including phenoxy) is 1. The zero-order chi connectivity index (χ0) is 25.9. The minimum atomic E-state index is -3.87. The minimum Gasteiger partial charge on any atom is -0.487 e. The summed E-state index contributed by atoms with van der Waals surface area (Å²) < 4.78 is 35.3. The van der Waals surface area contributed by atoms with E-state index in [9.17, 15) is 13.5 Å². The zero-order valence-electron chi connectivity index (χ0n) is 21.3. The fourth-order valence-corrected chi connectivity index (χ4v) is 6.37. The highest BCUT2D eigenvalue weighted by Gasteiger charge is 2.38. The highest BCUT2D eigenvalue weighted by molar-refractivity contribution is 7.89. The molecule has 1 N–H and O–H groups in total. The summed E-state index contributed by atoms with van der Waals surface area (Å²) in [5, 5.41) is 9.85. The van der Waals surface area contributed by atoms with Crippen molar-refractivity contribution in [3.05, 3.63) is 78.1 Å². The van der Waals surface area contributed by atoms with Gasteiger partial charge in [0.1, 0.15) is 16.7 Å². The lowest BCUT2D eigenvalue weighted by Crippen LogP contribution is -2.49. The van der Waals surface area contributed by atoms with Gasteiger partial charge in [0.05, 0.1) is 6.61 Å². The molecule has 1 aliphatic heterocycles. The molecular formula is C28H35N3O4S. The maximum absolute atomic E-state index is 13.7. The van der Waals surface area contributed by atoms with Gasteiger partial charge in [-0.2, -0.15) is 4.31 Å². The van der Waals surface area contributed by atoms with Crippen LogP contribution in [0.15, 0.2) is 71.9 Å². The Morgan fingerprint density at radius 3 is 2.56 bits per heavy atom. The topological polar surface area (TPSA) is 83.0 Å². The van der Waals surface area contributed by atoms with E-state index in [1.807, 2.05) is 75.6 Å². The number of rotatable bonds is 7. The van der Waals surface area contributed by atoms with E-state index in [2.05, 4.69) is 9.88 Å². The first kappa shape index (κ1) is 26.3. The first-order valence-corrected chi connectivity index (χ1v) is 13.7. The van der Waals surface area contributed by atoms with Gasteiger partial charge >= 0.3 is 0 Å². The van der Waals surface area contributed by atoms with Crippen LogP contribution in [0.4, 0.5) is 0 Å². The number of aliphatic hydroxyl groups excluding tert-OH is 1. The molecule has 0 spiro atoms. The quantitative estimate of drug-likeness (QED) is 0.519. The summed E-state index contributed by atoms with van der Waals surface area (Å²) in [5.74, 6) is 0.232. The Bertz CT molecular complexity index is 1270. The lowest BCUT2D eigenvalue weighted by molar-refractivity contribution is 0.0734. The van der Waals surface area contributed by atoms with E-state index >= 15 is 0 Å². The number of likely N-dealkylation sites (N-methyl/N-ethyl adjacent to an activating group) is 1. The van der Waals surface area contributed by atoms with Gasteiger partial charge in [-0.25, -0.2) is 8.42 Å². The SMILES string of the molecule is Cc1ccc(-c2ccc3c(c2)O[C@@H](CN(C)Cc2cccnc2)[C@@H](C)CN([C@H](C)CO)S3(=O)=O)cc1. The van der Waals surface area contributed by atoms with Crippen molar-refractivity contribution >= 4 is 10.0 Å².